The van der Waals surface area contributed by atoms with E-state index in [0.717, 1.165) is 30.0 Å². The van der Waals surface area contributed by atoms with Crippen molar-refractivity contribution in [1.82, 2.24) is 29.3 Å². The maximum atomic E-state index is 6.18. The molecule has 8 nitrogen and oxygen atoms in total. The van der Waals surface area contributed by atoms with Crippen LogP contribution in [0.2, 0.25) is 5.02 Å². The number of aryl methyl sites for hydroxylation is 1. The predicted octanol–water partition coefficient (Wildman–Crippen LogP) is 3.31. The minimum atomic E-state index is 0.346. The van der Waals surface area contributed by atoms with Gasteiger partial charge in [-0.1, -0.05) is 30.7 Å². The molecule has 0 saturated heterocycles. The highest BCUT2D eigenvalue weighted by Gasteiger charge is 2.17. The number of hydrogen-bond acceptors (Lipinski definition) is 6. The topological polar surface area (TPSA) is 99.5 Å². The van der Waals surface area contributed by atoms with Gasteiger partial charge in [0.05, 0.1) is 0 Å². The fourth-order valence-corrected chi connectivity index (χ4v) is 3.30. The highest BCUT2D eigenvalue weighted by atomic mass is 35.5. The summed E-state index contributed by atoms with van der Waals surface area (Å²) in [4.78, 5) is 13.7. The van der Waals surface area contributed by atoms with Crippen LogP contribution in [0.25, 0.3) is 17.1 Å². The van der Waals surface area contributed by atoms with Gasteiger partial charge >= 0.3 is 0 Å². The van der Waals surface area contributed by atoms with Crippen LogP contribution in [0.1, 0.15) is 18.9 Å². The summed E-state index contributed by atoms with van der Waals surface area (Å²) in [7, 11) is 0. The van der Waals surface area contributed by atoms with Crippen LogP contribution in [-0.2, 0) is 13.0 Å². The van der Waals surface area contributed by atoms with E-state index in [0.29, 0.717) is 35.4 Å². The van der Waals surface area contributed by atoms with E-state index in [4.69, 9.17) is 17.3 Å². The van der Waals surface area contributed by atoms with Gasteiger partial charge in [0.25, 0.3) is 0 Å². The van der Waals surface area contributed by atoms with E-state index in [-0.39, 0.29) is 0 Å². The molecular weight excluding hydrogens is 376 g/mol. The van der Waals surface area contributed by atoms with Gasteiger partial charge in [0.15, 0.2) is 17.0 Å². The number of anilines is 2. The summed E-state index contributed by atoms with van der Waals surface area (Å²) >= 11 is 6.04. The van der Waals surface area contributed by atoms with Crippen LogP contribution in [0, 0.1) is 0 Å². The van der Waals surface area contributed by atoms with Gasteiger partial charge in [0.1, 0.15) is 0 Å². The first-order chi connectivity index (χ1) is 13.7. The van der Waals surface area contributed by atoms with Gasteiger partial charge in [-0.25, -0.2) is 9.67 Å². The Labute approximate surface area is 167 Å². The Morgan fingerprint density at radius 1 is 1.18 bits per heavy atom. The second-order valence-electron chi connectivity index (χ2n) is 6.43. The molecule has 9 heteroatoms. The van der Waals surface area contributed by atoms with Gasteiger partial charge in [-0.15, -0.1) is 0 Å². The highest BCUT2D eigenvalue weighted by molar-refractivity contribution is 6.30. The Balaban J connectivity index is 1.62. The normalized spacial score (nSPS) is 11.2. The molecule has 3 heterocycles. The lowest BCUT2D eigenvalue weighted by molar-refractivity contribution is 0.647. The third kappa shape index (κ3) is 3.63. The lowest BCUT2D eigenvalue weighted by Crippen LogP contribution is -2.11. The van der Waals surface area contributed by atoms with Crippen LogP contribution in [0.15, 0.2) is 42.7 Å². The predicted molar refractivity (Wildman–Crippen MR) is 111 cm³/mol. The van der Waals surface area contributed by atoms with Crippen molar-refractivity contribution in [3.8, 4) is 5.95 Å². The van der Waals surface area contributed by atoms with E-state index in [1.165, 1.54) is 0 Å². The smallest absolute Gasteiger partial charge is 0.233 e. The zero-order valence-electron chi connectivity index (χ0n) is 15.5. The number of hydrogen-bond donors (Lipinski definition) is 2. The van der Waals surface area contributed by atoms with Crippen LogP contribution in [0.4, 0.5) is 11.8 Å². The standard InChI is InChI=1S/C19H21ClN8/c1-2-10-27-17-15(24-19(27)28-11-4-8-23-28)16(21)25-18(26-17)22-9-7-13-5-3-6-14(20)12-13/h3-6,8,11-12H,2,7,9-10H2,1H3,(H3,21,22,25,26). The molecular formula is C19H21ClN8. The van der Waals surface area contributed by atoms with Crippen LogP contribution in [0.5, 0.6) is 0 Å². The largest absolute Gasteiger partial charge is 0.382 e. The molecule has 0 amide bonds. The maximum Gasteiger partial charge on any atom is 0.233 e. The Morgan fingerprint density at radius 2 is 2.07 bits per heavy atom. The molecule has 0 unspecified atom stereocenters. The van der Waals surface area contributed by atoms with Crippen LogP contribution in [0.3, 0.4) is 0 Å². The number of aromatic nitrogens is 6. The molecule has 0 fully saturated rings. The number of nitrogens with two attached hydrogens (primary N) is 1. The molecule has 4 aromatic rings. The molecule has 0 spiro atoms. The minimum Gasteiger partial charge on any atom is -0.382 e. The molecule has 0 aliphatic rings. The fourth-order valence-electron chi connectivity index (χ4n) is 3.09. The monoisotopic (exact) mass is 396 g/mol. The SMILES string of the molecule is CCCn1c(-n2cccn2)nc2c(N)nc(NCCc3cccc(Cl)c3)nc21. The Kier molecular flexibility index (Phi) is 5.12. The number of fused-ring (bicyclic) bond motifs is 1. The summed E-state index contributed by atoms with van der Waals surface area (Å²) in [6.45, 7) is 3.52. The summed E-state index contributed by atoms with van der Waals surface area (Å²) in [5.41, 5.74) is 8.60. The van der Waals surface area contributed by atoms with Crippen molar-refractivity contribution in [2.45, 2.75) is 26.3 Å². The minimum absolute atomic E-state index is 0.346. The Hall–Kier alpha value is -3.13. The Bertz CT molecular complexity index is 1090. The number of imidazole rings is 1. The molecule has 0 aliphatic heterocycles. The molecule has 3 N–H and O–H groups in total. The van der Waals surface area contributed by atoms with Crippen molar-refractivity contribution in [3.63, 3.8) is 0 Å². The van der Waals surface area contributed by atoms with E-state index in [1.54, 1.807) is 10.9 Å². The molecule has 0 radical (unpaired) electrons. The molecule has 144 valence electrons. The molecule has 0 saturated carbocycles. The molecule has 0 bridgehead atoms. The second kappa shape index (κ2) is 7.85. The zero-order chi connectivity index (χ0) is 19.5. The quantitative estimate of drug-likeness (QED) is 0.497. The van der Waals surface area contributed by atoms with E-state index in [2.05, 4.69) is 32.3 Å². The second-order valence-corrected chi connectivity index (χ2v) is 6.86. The van der Waals surface area contributed by atoms with Gasteiger partial charge in [-0.05, 0) is 36.6 Å². The first kappa shape index (κ1) is 18.2. The van der Waals surface area contributed by atoms with Crippen molar-refractivity contribution in [2.24, 2.45) is 0 Å². The summed E-state index contributed by atoms with van der Waals surface area (Å²) in [6, 6.07) is 9.65. The summed E-state index contributed by atoms with van der Waals surface area (Å²) in [6.07, 6.45) is 5.30. The highest BCUT2D eigenvalue weighted by Crippen LogP contribution is 2.23. The molecule has 4 rings (SSSR count). The number of nitrogens with one attached hydrogen (secondary N) is 1. The molecule has 1 aromatic carbocycles. The molecule has 3 aromatic heterocycles. The third-order valence-electron chi connectivity index (χ3n) is 4.34. The average Bonchev–Trinajstić information content (AvgIpc) is 3.31. The van der Waals surface area contributed by atoms with E-state index in [9.17, 15) is 0 Å². The van der Waals surface area contributed by atoms with Gasteiger partial charge < -0.3 is 11.1 Å². The summed E-state index contributed by atoms with van der Waals surface area (Å²) in [5, 5.41) is 8.27. The van der Waals surface area contributed by atoms with Gasteiger partial charge in [-0.3, -0.25) is 4.57 Å². The van der Waals surface area contributed by atoms with Crippen LogP contribution >= 0.6 is 11.6 Å². The van der Waals surface area contributed by atoms with Crippen molar-refractivity contribution >= 4 is 34.5 Å². The third-order valence-corrected chi connectivity index (χ3v) is 4.58. The lowest BCUT2D eigenvalue weighted by atomic mass is 10.1. The zero-order valence-corrected chi connectivity index (χ0v) is 16.3. The number of rotatable bonds is 7. The molecule has 0 aliphatic carbocycles. The number of benzene rings is 1. The summed E-state index contributed by atoms with van der Waals surface area (Å²) in [5.74, 6) is 1.51. The fraction of sp³-hybridized carbons (Fsp3) is 0.263. The molecule has 0 atom stereocenters. The lowest BCUT2D eigenvalue weighted by Gasteiger charge is -2.09. The average molecular weight is 397 g/mol. The first-order valence-electron chi connectivity index (χ1n) is 9.17. The number of nitrogens with zero attached hydrogens (tertiary/aromatic N) is 6. The van der Waals surface area contributed by atoms with Crippen LogP contribution < -0.4 is 11.1 Å². The van der Waals surface area contributed by atoms with Gasteiger partial charge in [0.2, 0.25) is 11.9 Å². The van der Waals surface area contributed by atoms with Crippen molar-refractivity contribution < 1.29 is 0 Å². The maximum absolute atomic E-state index is 6.18. The van der Waals surface area contributed by atoms with E-state index in [1.807, 2.05) is 41.1 Å². The first-order valence-corrected chi connectivity index (χ1v) is 9.55. The van der Waals surface area contributed by atoms with Crippen LogP contribution in [-0.4, -0.2) is 35.8 Å². The van der Waals surface area contributed by atoms with Crippen molar-refractivity contribution in [2.75, 3.05) is 17.6 Å². The van der Waals surface area contributed by atoms with Gasteiger partial charge in [-0.2, -0.15) is 15.1 Å². The van der Waals surface area contributed by atoms with E-state index < -0.39 is 0 Å². The summed E-state index contributed by atoms with van der Waals surface area (Å²) < 4.78 is 3.73. The number of nitrogen functional groups attached to an aromatic ring is 1. The number of halogens is 1. The van der Waals surface area contributed by atoms with Crippen molar-refractivity contribution in [3.05, 3.63) is 53.3 Å². The van der Waals surface area contributed by atoms with E-state index >= 15 is 0 Å². The van der Waals surface area contributed by atoms with Crippen molar-refractivity contribution in [1.29, 1.82) is 0 Å². The van der Waals surface area contributed by atoms with Gasteiger partial charge in [0, 0.05) is 30.5 Å². The Morgan fingerprint density at radius 3 is 2.82 bits per heavy atom. The molecule has 28 heavy (non-hydrogen) atoms.